The molecule has 2 fully saturated rings. The molecular formula is C22H35N5O2. The fourth-order valence-electron chi connectivity index (χ4n) is 3.94. The van der Waals surface area contributed by atoms with Crippen molar-refractivity contribution in [2.75, 3.05) is 46.4 Å². The highest BCUT2D eigenvalue weighted by molar-refractivity contribution is 5.80. The molecule has 0 aromatic heterocycles. The molecule has 29 heavy (non-hydrogen) atoms. The summed E-state index contributed by atoms with van der Waals surface area (Å²) < 4.78 is 5.47. The molecule has 0 spiro atoms. The first-order chi connectivity index (χ1) is 14.0. The van der Waals surface area contributed by atoms with E-state index in [9.17, 15) is 4.79 Å². The van der Waals surface area contributed by atoms with Crippen LogP contribution in [-0.2, 0) is 22.6 Å². The first-order valence-electron chi connectivity index (χ1n) is 10.6. The van der Waals surface area contributed by atoms with Gasteiger partial charge in [0.05, 0.1) is 13.2 Å². The standard InChI is InChI=1S/C22H35N5O2/c1-22(2,27-11-13-29-14-12-27)17-25-21(23-3)24-15-18-7-4-5-8-19(18)16-26-10-6-9-20(26)28/h4-5,7-8H,6,9-17H2,1-3H3,(H2,23,24,25). The normalized spacial score (nSPS) is 18.9. The number of nitrogens with zero attached hydrogens (tertiary/aromatic N) is 3. The number of ether oxygens (including phenoxy) is 1. The molecule has 0 saturated carbocycles. The van der Waals surface area contributed by atoms with E-state index in [0.29, 0.717) is 19.5 Å². The quantitative estimate of drug-likeness (QED) is 0.536. The summed E-state index contributed by atoms with van der Waals surface area (Å²) >= 11 is 0. The second kappa shape index (κ2) is 10.1. The molecule has 2 aliphatic rings. The predicted octanol–water partition coefficient (Wildman–Crippen LogP) is 1.58. The number of morpholine rings is 1. The number of aliphatic imine (C=N–C) groups is 1. The van der Waals surface area contributed by atoms with Crippen LogP contribution in [-0.4, -0.2) is 73.6 Å². The Morgan fingerprint density at radius 2 is 1.86 bits per heavy atom. The van der Waals surface area contributed by atoms with Gasteiger partial charge in [-0.15, -0.1) is 0 Å². The molecule has 0 atom stereocenters. The smallest absolute Gasteiger partial charge is 0.222 e. The lowest BCUT2D eigenvalue weighted by molar-refractivity contribution is -0.128. The van der Waals surface area contributed by atoms with Gasteiger partial charge in [0.2, 0.25) is 5.91 Å². The molecule has 0 aliphatic carbocycles. The molecule has 160 valence electrons. The minimum atomic E-state index is 0.0232. The van der Waals surface area contributed by atoms with Crippen LogP contribution >= 0.6 is 0 Å². The maximum Gasteiger partial charge on any atom is 0.222 e. The molecule has 0 radical (unpaired) electrons. The van der Waals surface area contributed by atoms with Crippen LogP contribution in [0, 0.1) is 0 Å². The van der Waals surface area contributed by atoms with Crippen molar-refractivity contribution in [2.45, 2.75) is 45.3 Å². The van der Waals surface area contributed by atoms with Gasteiger partial charge < -0.3 is 20.3 Å². The van der Waals surface area contributed by atoms with Gasteiger partial charge in [0.25, 0.3) is 0 Å². The Morgan fingerprint density at radius 1 is 1.14 bits per heavy atom. The largest absolute Gasteiger partial charge is 0.379 e. The zero-order chi connectivity index (χ0) is 20.7. The van der Waals surface area contributed by atoms with E-state index in [4.69, 9.17) is 4.74 Å². The number of benzene rings is 1. The van der Waals surface area contributed by atoms with E-state index in [-0.39, 0.29) is 11.4 Å². The first-order valence-corrected chi connectivity index (χ1v) is 10.6. The van der Waals surface area contributed by atoms with Crippen LogP contribution < -0.4 is 10.6 Å². The van der Waals surface area contributed by atoms with Gasteiger partial charge in [0.1, 0.15) is 0 Å². The summed E-state index contributed by atoms with van der Waals surface area (Å²) in [6.07, 6.45) is 1.64. The number of guanidine groups is 1. The highest BCUT2D eigenvalue weighted by atomic mass is 16.5. The maximum absolute atomic E-state index is 12.0. The lowest BCUT2D eigenvalue weighted by Crippen LogP contribution is -2.56. The van der Waals surface area contributed by atoms with Crippen molar-refractivity contribution < 1.29 is 9.53 Å². The van der Waals surface area contributed by atoms with Crippen molar-refractivity contribution in [2.24, 2.45) is 4.99 Å². The minimum absolute atomic E-state index is 0.0232. The first kappa shape index (κ1) is 21.6. The molecule has 3 rings (SSSR count). The van der Waals surface area contributed by atoms with Crippen molar-refractivity contribution >= 4 is 11.9 Å². The van der Waals surface area contributed by atoms with E-state index in [1.165, 1.54) is 11.1 Å². The summed E-state index contributed by atoms with van der Waals surface area (Å²) in [4.78, 5) is 20.8. The zero-order valence-electron chi connectivity index (χ0n) is 18.0. The molecular weight excluding hydrogens is 366 g/mol. The second-order valence-corrected chi connectivity index (χ2v) is 8.38. The van der Waals surface area contributed by atoms with E-state index in [2.05, 4.69) is 46.5 Å². The van der Waals surface area contributed by atoms with Gasteiger partial charge in [-0.05, 0) is 31.4 Å². The summed E-state index contributed by atoms with van der Waals surface area (Å²) in [5, 5.41) is 6.90. The Morgan fingerprint density at radius 3 is 2.52 bits per heavy atom. The average Bonchev–Trinajstić information content (AvgIpc) is 3.14. The van der Waals surface area contributed by atoms with Crippen LogP contribution in [0.1, 0.15) is 37.8 Å². The van der Waals surface area contributed by atoms with Gasteiger partial charge in [-0.3, -0.25) is 14.7 Å². The lowest BCUT2D eigenvalue weighted by atomic mass is 10.0. The molecule has 7 nitrogen and oxygen atoms in total. The third kappa shape index (κ3) is 5.93. The van der Waals surface area contributed by atoms with Crippen LogP contribution in [0.4, 0.5) is 0 Å². The molecule has 1 aromatic carbocycles. The molecule has 1 aromatic rings. The van der Waals surface area contributed by atoms with Gasteiger partial charge in [-0.1, -0.05) is 24.3 Å². The number of nitrogens with one attached hydrogen (secondary N) is 2. The summed E-state index contributed by atoms with van der Waals surface area (Å²) in [5.74, 6) is 1.05. The van der Waals surface area contributed by atoms with E-state index >= 15 is 0 Å². The molecule has 1 amide bonds. The Balaban J connectivity index is 1.53. The Kier molecular flexibility index (Phi) is 7.50. The van der Waals surface area contributed by atoms with E-state index in [1.54, 1.807) is 7.05 Å². The van der Waals surface area contributed by atoms with Gasteiger partial charge in [0.15, 0.2) is 5.96 Å². The molecule has 2 aliphatic heterocycles. The molecule has 2 N–H and O–H groups in total. The molecule has 0 unspecified atom stereocenters. The number of amides is 1. The van der Waals surface area contributed by atoms with Crippen LogP contribution in [0.3, 0.4) is 0 Å². The van der Waals surface area contributed by atoms with Gasteiger partial charge >= 0.3 is 0 Å². The van der Waals surface area contributed by atoms with Crippen LogP contribution in [0.15, 0.2) is 29.3 Å². The third-order valence-corrected chi connectivity index (χ3v) is 5.88. The van der Waals surface area contributed by atoms with Crippen molar-refractivity contribution in [1.29, 1.82) is 0 Å². The minimum Gasteiger partial charge on any atom is -0.379 e. The van der Waals surface area contributed by atoms with Crippen LogP contribution in [0.25, 0.3) is 0 Å². The maximum atomic E-state index is 12.0. The molecule has 2 saturated heterocycles. The highest BCUT2D eigenvalue weighted by Crippen LogP contribution is 2.17. The van der Waals surface area contributed by atoms with Crippen molar-refractivity contribution in [3.05, 3.63) is 35.4 Å². The van der Waals surface area contributed by atoms with E-state index in [0.717, 1.165) is 51.8 Å². The highest BCUT2D eigenvalue weighted by Gasteiger charge is 2.28. The van der Waals surface area contributed by atoms with Gasteiger partial charge in [-0.25, -0.2) is 0 Å². The predicted molar refractivity (Wildman–Crippen MR) is 116 cm³/mol. The Hall–Kier alpha value is -2.12. The second-order valence-electron chi connectivity index (χ2n) is 8.38. The van der Waals surface area contributed by atoms with Crippen molar-refractivity contribution in [1.82, 2.24) is 20.4 Å². The Labute approximate surface area is 174 Å². The summed E-state index contributed by atoms with van der Waals surface area (Å²) in [7, 11) is 1.80. The number of rotatable bonds is 7. The van der Waals surface area contributed by atoms with E-state index < -0.39 is 0 Å². The summed E-state index contributed by atoms with van der Waals surface area (Å²) in [6.45, 7) is 11.0. The van der Waals surface area contributed by atoms with E-state index in [1.807, 2.05) is 17.0 Å². The van der Waals surface area contributed by atoms with Gasteiger partial charge in [0, 0.05) is 58.3 Å². The summed E-state index contributed by atoms with van der Waals surface area (Å²) in [6, 6.07) is 8.32. The zero-order valence-corrected chi connectivity index (χ0v) is 18.0. The monoisotopic (exact) mass is 401 g/mol. The molecule has 7 heteroatoms. The summed E-state index contributed by atoms with van der Waals surface area (Å²) in [5.41, 5.74) is 2.41. The lowest BCUT2D eigenvalue weighted by Gasteiger charge is -2.41. The number of carbonyl (C=O) groups excluding carboxylic acids is 1. The molecule has 2 heterocycles. The van der Waals surface area contributed by atoms with Crippen molar-refractivity contribution in [3.8, 4) is 0 Å². The fraction of sp³-hybridized carbons (Fsp3) is 0.636. The van der Waals surface area contributed by atoms with Crippen LogP contribution in [0.5, 0.6) is 0 Å². The number of likely N-dealkylation sites (tertiary alicyclic amines) is 1. The number of hydrogen-bond donors (Lipinski definition) is 2. The van der Waals surface area contributed by atoms with Crippen LogP contribution in [0.2, 0.25) is 0 Å². The third-order valence-electron chi connectivity index (χ3n) is 5.88. The average molecular weight is 402 g/mol. The van der Waals surface area contributed by atoms with Crippen molar-refractivity contribution in [3.63, 3.8) is 0 Å². The SMILES string of the molecule is CN=C(NCc1ccccc1CN1CCCC1=O)NCC(C)(C)N1CCOCC1. The Bertz CT molecular complexity index is 713. The number of hydrogen-bond acceptors (Lipinski definition) is 4. The topological polar surface area (TPSA) is 69.2 Å². The number of carbonyl (C=O) groups is 1. The molecule has 0 bridgehead atoms. The van der Waals surface area contributed by atoms with Gasteiger partial charge in [-0.2, -0.15) is 0 Å². The fourth-order valence-corrected chi connectivity index (χ4v) is 3.94.